The maximum absolute atomic E-state index is 13.2. The Morgan fingerprint density at radius 2 is 1.87 bits per heavy atom. The molecule has 162 valence electrons. The normalized spacial score (nSPS) is 20.8. The lowest BCUT2D eigenvalue weighted by Gasteiger charge is -2.34. The number of anilines is 1. The van der Waals surface area contributed by atoms with Gasteiger partial charge in [0.25, 0.3) is 5.91 Å². The summed E-state index contributed by atoms with van der Waals surface area (Å²) in [5.41, 5.74) is 0.909. The Morgan fingerprint density at radius 1 is 1.10 bits per heavy atom. The van der Waals surface area contributed by atoms with Gasteiger partial charge in [0.05, 0.1) is 23.8 Å². The molecule has 1 unspecified atom stereocenters. The summed E-state index contributed by atoms with van der Waals surface area (Å²) in [6, 6.07) is 6.69. The molecule has 11 heteroatoms. The van der Waals surface area contributed by atoms with Crippen molar-refractivity contribution in [3.8, 4) is 11.5 Å². The van der Waals surface area contributed by atoms with Crippen molar-refractivity contribution in [2.75, 3.05) is 42.6 Å². The van der Waals surface area contributed by atoms with Crippen LogP contribution in [-0.4, -0.2) is 76.7 Å². The molecule has 0 aliphatic carbocycles. The molecule has 10 nitrogen and oxygen atoms in total. The highest BCUT2D eigenvalue weighted by Crippen LogP contribution is 2.30. The largest absolute Gasteiger partial charge is 0.463 e. The molecule has 2 fully saturated rings. The number of sulfone groups is 1. The third-order valence-corrected chi connectivity index (χ3v) is 7.43. The lowest BCUT2D eigenvalue weighted by Crippen LogP contribution is -2.49. The number of amides is 1. The molecule has 2 aliphatic heterocycles. The average molecular weight is 443 g/mol. The van der Waals surface area contributed by atoms with Gasteiger partial charge in [-0.05, 0) is 24.6 Å². The average Bonchev–Trinajstić information content (AvgIpc) is 3.53. The number of rotatable bonds is 4. The van der Waals surface area contributed by atoms with Gasteiger partial charge >= 0.3 is 0 Å². The van der Waals surface area contributed by atoms with Crippen molar-refractivity contribution in [1.29, 1.82) is 0 Å². The van der Waals surface area contributed by atoms with Crippen molar-refractivity contribution >= 4 is 21.7 Å². The Bertz CT molecular complexity index is 1170. The van der Waals surface area contributed by atoms with Gasteiger partial charge in [-0.1, -0.05) is 0 Å². The van der Waals surface area contributed by atoms with Crippen LogP contribution in [-0.2, 0) is 9.84 Å². The van der Waals surface area contributed by atoms with Gasteiger partial charge in [-0.25, -0.2) is 18.4 Å². The van der Waals surface area contributed by atoms with Gasteiger partial charge in [-0.2, -0.15) is 5.10 Å². The molecule has 31 heavy (non-hydrogen) atoms. The smallest absolute Gasteiger partial charge is 0.274 e. The molecular weight excluding hydrogens is 420 g/mol. The van der Waals surface area contributed by atoms with Gasteiger partial charge in [0.15, 0.2) is 21.3 Å². The molecule has 1 amide bonds. The first-order valence-corrected chi connectivity index (χ1v) is 12.0. The molecule has 0 spiro atoms. The van der Waals surface area contributed by atoms with E-state index in [-0.39, 0.29) is 23.5 Å². The van der Waals surface area contributed by atoms with Crippen LogP contribution in [0.15, 0.2) is 47.3 Å². The highest BCUT2D eigenvalue weighted by Gasteiger charge is 2.33. The van der Waals surface area contributed by atoms with E-state index >= 15 is 0 Å². The van der Waals surface area contributed by atoms with Gasteiger partial charge in [-0.15, -0.1) is 0 Å². The van der Waals surface area contributed by atoms with Crippen LogP contribution in [0, 0.1) is 0 Å². The third kappa shape index (κ3) is 3.92. The van der Waals surface area contributed by atoms with E-state index in [9.17, 15) is 13.2 Å². The molecule has 5 rings (SSSR count). The Labute approximate surface area is 179 Å². The summed E-state index contributed by atoms with van der Waals surface area (Å²) in [5.74, 6) is 1.18. The van der Waals surface area contributed by atoms with Crippen molar-refractivity contribution in [1.82, 2.24) is 24.6 Å². The number of hydrogen-bond donors (Lipinski definition) is 0. The fraction of sp³-hybridized carbons (Fsp3) is 0.400. The molecule has 2 saturated heterocycles. The third-order valence-electron chi connectivity index (χ3n) is 5.68. The number of piperazine rings is 1. The minimum Gasteiger partial charge on any atom is -0.463 e. The summed E-state index contributed by atoms with van der Waals surface area (Å²) < 4.78 is 31.1. The van der Waals surface area contributed by atoms with E-state index in [1.165, 1.54) is 0 Å². The van der Waals surface area contributed by atoms with Gasteiger partial charge in [0.1, 0.15) is 5.69 Å². The lowest BCUT2D eigenvalue weighted by atomic mass is 10.2. The highest BCUT2D eigenvalue weighted by molar-refractivity contribution is 7.91. The Morgan fingerprint density at radius 3 is 2.52 bits per heavy atom. The summed E-state index contributed by atoms with van der Waals surface area (Å²) in [5, 5.41) is 4.53. The topological polar surface area (TPSA) is 114 Å². The molecule has 0 N–H and O–H groups in total. The van der Waals surface area contributed by atoms with E-state index in [1.54, 1.807) is 52.5 Å². The van der Waals surface area contributed by atoms with Crippen LogP contribution >= 0.6 is 0 Å². The second-order valence-corrected chi connectivity index (χ2v) is 9.95. The molecular formula is C20H22N6O4S. The van der Waals surface area contributed by atoms with E-state index in [0.29, 0.717) is 55.7 Å². The standard InChI is InChI=1S/C20H22N6O4S/c27-19(24-7-9-25(10-8-24)20-21-5-2-6-22-20)16-13-17(18-3-1-11-30-18)26(23-16)15-4-12-31(28,29)14-15/h1-3,5-6,11,13,15H,4,7-10,12,14H2. The molecule has 0 aromatic carbocycles. The fourth-order valence-electron chi connectivity index (χ4n) is 4.08. The van der Waals surface area contributed by atoms with E-state index in [0.717, 1.165) is 0 Å². The van der Waals surface area contributed by atoms with Gasteiger partial charge in [-0.3, -0.25) is 9.48 Å². The molecule has 5 heterocycles. The summed E-state index contributed by atoms with van der Waals surface area (Å²) in [7, 11) is -3.10. The van der Waals surface area contributed by atoms with Gasteiger partial charge in [0, 0.05) is 44.6 Å². The van der Waals surface area contributed by atoms with Crippen LogP contribution in [0.5, 0.6) is 0 Å². The zero-order chi connectivity index (χ0) is 21.4. The highest BCUT2D eigenvalue weighted by atomic mass is 32.2. The maximum Gasteiger partial charge on any atom is 0.274 e. The lowest BCUT2D eigenvalue weighted by molar-refractivity contribution is 0.0739. The van der Waals surface area contributed by atoms with Crippen LogP contribution in [0.3, 0.4) is 0 Å². The molecule has 3 aromatic heterocycles. The Hall–Kier alpha value is -3.21. The van der Waals surface area contributed by atoms with Crippen LogP contribution in [0.25, 0.3) is 11.5 Å². The number of aromatic nitrogens is 4. The van der Waals surface area contributed by atoms with E-state index in [4.69, 9.17) is 4.42 Å². The van der Waals surface area contributed by atoms with Crippen LogP contribution in [0.4, 0.5) is 5.95 Å². The zero-order valence-corrected chi connectivity index (χ0v) is 17.6. The fourth-order valence-corrected chi connectivity index (χ4v) is 5.77. The summed E-state index contributed by atoms with van der Waals surface area (Å²) >= 11 is 0. The predicted octanol–water partition coefficient (Wildman–Crippen LogP) is 1.26. The molecule has 2 aliphatic rings. The Kier molecular flexibility index (Phi) is 4.97. The van der Waals surface area contributed by atoms with Crippen molar-refractivity contribution < 1.29 is 17.6 Å². The van der Waals surface area contributed by atoms with Crippen LogP contribution < -0.4 is 4.90 Å². The summed E-state index contributed by atoms with van der Waals surface area (Å²) in [4.78, 5) is 25.5. The number of carbonyl (C=O) groups excluding carboxylic acids is 1. The second kappa shape index (κ2) is 7.80. The summed E-state index contributed by atoms with van der Waals surface area (Å²) in [6.45, 7) is 2.31. The number of furan rings is 1. The second-order valence-electron chi connectivity index (χ2n) is 7.72. The van der Waals surface area contributed by atoms with Gasteiger partial charge in [0.2, 0.25) is 5.95 Å². The van der Waals surface area contributed by atoms with Crippen molar-refractivity contribution in [3.63, 3.8) is 0 Å². The number of nitrogens with zero attached hydrogens (tertiary/aromatic N) is 6. The number of hydrogen-bond acceptors (Lipinski definition) is 8. The molecule has 1 atom stereocenters. The van der Waals surface area contributed by atoms with E-state index < -0.39 is 9.84 Å². The predicted molar refractivity (Wildman–Crippen MR) is 112 cm³/mol. The first kappa shape index (κ1) is 19.7. The molecule has 0 saturated carbocycles. The van der Waals surface area contributed by atoms with Crippen LogP contribution in [0.1, 0.15) is 23.0 Å². The van der Waals surface area contributed by atoms with E-state index in [2.05, 4.69) is 15.1 Å². The van der Waals surface area contributed by atoms with Crippen LogP contribution in [0.2, 0.25) is 0 Å². The van der Waals surface area contributed by atoms with Crippen molar-refractivity contribution in [2.45, 2.75) is 12.5 Å². The van der Waals surface area contributed by atoms with Crippen molar-refractivity contribution in [2.24, 2.45) is 0 Å². The summed E-state index contributed by atoms with van der Waals surface area (Å²) in [6.07, 6.45) is 5.42. The number of carbonyl (C=O) groups is 1. The first-order chi connectivity index (χ1) is 15.0. The van der Waals surface area contributed by atoms with Crippen molar-refractivity contribution in [3.05, 3.63) is 48.6 Å². The molecule has 3 aromatic rings. The monoisotopic (exact) mass is 442 g/mol. The quantitative estimate of drug-likeness (QED) is 0.593. The van der Waals surface area contributed by atoms with E-state index in [1.807, 2.05) is 4.90 Å². The molecule has 0 radical (unpaired) electrons. The zero-order valence-electron chi connectivity index (χ0n) is 16.8. The first-order valence-electron chi connectivity index (χ1n) is 10.2. The molecule has 0 bridgehead atoms. The Balaban J connectivity index is 1.37. The minimum absolute atomic E-state index is 0.0196. The minimum atomic E-state index is -3.10. The maximum atomic E-state index is 13.2. The van der Waals surface area contributed by atoms with Gasteiger partial charge < -0.3 is 14.2 Å². The SMILES string of the molecule is O=C(c1cc(-c2ccco2)n(C2CCS(=O)(=O)C2)n1)N1CCN(c2ncccn2)CC1.